The molecular weight excluding hydrogens is 460 g/mol. The van der Waals surface area contributed by atoms with Crippen LogP contribution in [0.3, 0.4) is 0 Å². The van der Waals surface area contributed by atoms with Crippen LogP contribution < -0.4 is 4.74 Å². The number of para-hydroxylation sites is 1. The molecule has 156 valence electrons. The summed E-state index contributed by atoms with van der Waals surface area (Å²) < 4.78 is 7.56. The third-order valence-electron chi connectivity index (χ3n) is 6.18. The Balaban J connectivity index is 1.38. The molecule has 0 saturated heterocycles. The Bertz CT molecular complexity index is 1280. The van der Waals surface area contributed by atoms with Gasteiger partial charge in [-0.2, -0.15) is 5.10 Å². The molecule has 0 fully saturated rings. The van der Waals surface area contributed by atoms with Crippen LogP contribution in [0, 0.1) is 0 Å². The highest BCUT2D eigenvalue weighted by Gasteiger charge is 2.40. The van der Waals surface area contributed by atoms with Gasteiger partial charge < -0.3 is 4.74 Å². The van der Waals surface area contributed by atoms with Gasteiger partial charge in [-0.25, -0.2) is 5.01 Å². The fourth-order valence-corrected chi connectivity index (χ4v) is 4.81. The number of nitrogens with zero attached hydrogens (tertiary/aromatic N) is 2. The first-order chi connectivity index (χ1) is 15.8. The lowest BCUT2D eigenvalue weighted by Gasteiger charge is -2.38. The Hall–Kier alpha value is -3.37. The normalized spacial score (nSPS) is 19.0. The first-order valence-corrected chi connectivity index (χ1v) is 11.6. The second kappa shape index (κ2) is 7.95. The van der Waals surface area contributed by atoms with E-state index in [4.69, 9.17) is 9.84 Å². The third kappa shape index (κ3) is 3.41. The molecule has 2 atom stereocenters. The van der Waals surface area contributed by atoms with E-state index in [0.717, 1.165) is 33.5 Å². The van der Waals surface area contributed by atoms with E-state index < -0.39 is 0 Å². The molecule has 6 rings (SSSR count). The first-order valence-electron chi connectivity index (χ1n) is 10.8. The second-order valence-electron chi connectivity index (χ2n) is 8.15. The minimum Gasteiger partial charge on any atom is -0.464 e. The Kier molecular flexibility index (Phi) is 4.80. The van der Waals surface area contributed by atoms with Crippen LogP contribution in [-0.2, 0) is 0 Å². The van der Waals surface area contributed by atoms with E-state index in [2.05, 4.69) is 112 Å². The Labute approximate surface area is 196 Å². The summed E-state index contributed by atoms with van der Waals surface area (Å²) in [6, 6.07) is 36.0. The van der Waals surface area contributed by atoms with Crippen LogP contribution in [0.2, 0.25) is 0 Å². The van der Waals surface area contributed by atoms with Crippen LogP contribution in [0.4, 0.5) is 0 Å². The SMILES string of the molecule is Brc1ccc(C2=NN3[C@H](C2)c2ccccc2O[C@H]3c2ccc(-c3ccccc3)cc2)cc1. The molecule has 0 bridgehead atoms. The lowest BCUT2D eigenvalue weighted by Crippen LogP contribution is -2.33. The van der Waals surface area contributed by atoms with E-state index in [1.165, 1.54) is 16.7 Å². The standard InChI is InChI=1S/C28H21BrN2O/c29-23-16-14-21(15-17-23)25-18-26-24-8-4-5-9-27(24)32-28(31(26)30-25)22-12-10-20(11-13-22)19-6-2-1-3-7-19/h1-17,26,28H,18H2/t26-,28+/m1/s1. The molecule has 0 unspecified atom stereocenters. The van der Waals surface area contributed by atoms with Crippen LogP contribution in [0.15, 0.2) is 113 Å². The highest BCUT2D eigenvalue weighted by molar-refractivity contribution is 9.10. The Morgan fingerprint density at radius 3 is 2.16 bits per heavy atom. The zero-order valence-electron chi connectivity index (χ0n) is 17.4. The minimum absolute atomic E-state index is 0.164. The van der Waals surface area contributed by atoms with Crippen molar-refractivity contribution in [1.29, 1.82) is 0 Å². The van der Waals surface area contributed by atoms with Gasteiger partial charge in [-0.15, -0.1) is 0 Å². The monoisotopic (exact) mass is 480 g/mol. The summed E-state index contributed by atoms with van der Waals surface area (Å²) in [5.74, 6) is 0.943. The van der Waals surface area contributed by atoms with E-state index >= 15 is 0 Å². The smallest absolute Gasteiger partial charge is 0.213 e. The van der Waals surface area contributed by atoms with E-state index in [-0.39, 0.29) is 12.3 Å². The van der Waals surface area contributed by atoms with Crippen LogP contribution in [-0.4, -0.2) is 10.7 Å². The fraction of sp³-hybridized carbons (Fsp3) is 0.107. The van der Waals surface area contributed by atoms with Gasteiger partial charge in [0, 0.05) is 22.0 Å². The molecule has 32 heavy (non-hydrogen) atoms. The summed E-state index contributed by atoms with van der Waals surface area (Å²) in [6.45, 7) is 0. The van der Waals surface area contributed by atoms with Gasteiger partial charge in [-0.05, 0) is 34.9 Å². The van der Waals surface area contributed by atoms with Crippen molar-refractivity contribution in [2.75, 3.05) is 0 Å². The van der Waals surface area contributed by atoms with Crippen LogP contribution in [0.5, 0.6) is 5.75 Å². The Morgan fingerprint density at radius 2 is 1.38 bits per heavy atom. The van der Waals surface area contributed by atoms with Gasteiger partial charge in [0.25, 0.3) is 0 Å². The molecule has 3 nitrogen and oxygen atoms in total. The average Bonchev–Trinajstić information content (AvgIpc) is 3.30. The van der Waals surface area contributed by atoms with Gasteiger partial charge >= 0.3 is 0 Å². The molecule has 0 saturated carbocycles. The molecule has 4 aromatic carbocycles. The largest absolute Gasteiger partial charge is 0.464 e. The van der Waals surface area contributed by atoms with Crippen molar-refractivity contribution >= 4 is 21.6 Å². The van der Waals surface area contributed by atoms with Crippen molar-refractivity contribution in [2.45, 2.75) is 18.7 Å². The van der Waals surface area contributed by atoms with Gasteiger partial charge in [0.1, 0.15) is 5.75 Å². The maximum atomic E-state index is 6.49. The number of hydrogen-bond donors (Lipinski definition) is 0. The fourth-order valence-electron chi connectivity index (χ4n) is 4.54. The molecule has 0 aliphatic carbocycles. The molecular formula is C28H21BrN2O. The zero-order chi connectivity index (χ0) is 21.5. The summed E-state index contributed by atoms with van der Waals surface area (Å²) in [5.41, 5.74) is 6.95. The number of ether oxygens (including phenoxy) is 1. The van der Waals surface area contributed by atoms with E-state index in [9.17, 15) is 0 Å². The molecule has 2 heterocycles. The molecule has 0 amide bonds. The van der Waals surface area contributed by atoms with Crippen molar-refractivity contribution in [3.05, 3.63) is 124 Å². The van der Waals surface area contributed by atoms with Crippen molar-refractivity contribution < 1.29 is 4.74 Å². The third-order valence-corrected chi connectivity index (χ3v) is 6.71. The molecule has 2 aliphatic rings. The van der Waals surface area contributed by atoms with Gasteiger partial charge in [-0.1, -0.05) is 101 Å². The number of halogens is 1. The van der Waals surface area contributed by atoms with Crippen molar-refractivity contribution in [3.63, 3.8) is 0 Å². The van der Waals surface area contributed by atoms with Crippen molar-refractivity contribution in [2.24, 2.45) is 5.10 Å². The van der Waals surface area contributed by atoms with Crippen molar-refractivity contribution in [1.82, 2.24) is 5.01 Å². The van der Waals surface area contributed by atoms with Crippen LogP contribution >= 0.6 is 15.9 Å². The van der Waals surface area contributed by atoms with E-state index in [1.54, 1.807) is 0 Å². The average molecular weight is 481 g/mol. The predicted molar refractivity (Wildman–Crippen MR) is 132 cm³/mol. The molecule has 0 aromatic heterocycles. The highest BCUT2D eigenvalue weighted by Crippen LogP contribution is 2.47. The number of hydrogen-bond acceptors (Lipinski definition) is 3. The van der Waals surface area contributed by atoms with Gasteiger partial charge in [0.2, 0.25) is 6.23 Å². The lowest BCUT2D eigenvalue weighted by molar-refractivity contribution is -0.0190. The molecule has 4 aromatic rings. The van der Waals surface area contributed by atoms with Crippen LogP contribution in [0.1, 0.15) is 35.4 Å². The second-order valence-corrected chi connectivity index (χ2v) is 9.07. The number of rotatable bonds is 3. The quantitative estimate of drug-likeness (QED) is 0.306. The zero-order valence-corrected chi connectivity index (χ0v) is 18.9. The van der Waals surface area contributed by atoms with E-state index in [0.29, 0.717) is 0 Å². The highest BCUT2D eigenvalue weighted by atomic mass is 79.9. The van der Waals surface area contributed by atoms with Gasteiger partial charge in [0.15, 0.2) is 0 Å². The maximum Gasteiger partial charge on any atom is 0.213 e. The first kappa shape index (κ1) is 19.3. The molecule has 0 N–H and O–H groups in total. The van der Waals surface area contributed by atoms with Crippen molar-refractivity contribution in [3.8, 4) is 16.9 Å². The molecule has 4 heteroatoms. The molecule has 0 spiro atoms. The number of benzene rings is 4. The summed E-state index contributed by atoms with van der Waals surface area (Å²) >= 11 is 3.53. The number of hydrazone groups is 1. The van der Waals surface area contributed by atoms with Gasteiger partial charge in [0.05, 0.1) is 11.8 Å². The maximum absolute atomic E-state index is 6.49. The molecule has 2 aliphatic heterocycles. The Morgan fingerprint density at radius 1 is 0.719 bits per heavy atom. The molecule has 0 radical (unpaired) electrons. The topological polar surface area (TPSA) is 24.8 Å². The van der Waals surface area contributed by atoms with Crippen LogP contribution in [0.25, 0.3) is 11.1 Å². The summed E-state index contributed by atoms with van der Waals surface area (Å²) in [6.07, 6.45) is 0.605. The summed E-state index contributed by atoms with van der Waals surface area (Å²) in [4.78, 5) is 0. The predicted octanol–water partition coefficient (Wildman–Crippen LogP) is 7.36. The van der Waals surface area contributed by atoms with Gasteiger partial charge in [-0.3, -0.25) is 0 Å². The lowest BCUT2D eigenvalue weighted by atomic mass is 9.95. The minimum atomic E-state index is -0.257. The van der Waals surface area contributed by atoms with E-state index in [1.807, 2.05) is 12.1 Å². The number of fused-ring (bicyclic) bond motifs is 3. The summed E-state index contributed by atoms with van der Waals surface area (Å²) in [5, 5.41) is 7.19. The summed E-state index contributed by atoms with van der Waals surface area (Å²) in [7, 11) is 0.